The zero-order valence-electron chi connectivity index (χ0n) is 12.3. The molecule has 0 unspecified atom stereocenters. The van der Waals surface area contributed by atoms with Gasteiger partial charge < -0.3 is 5.11 Å². The molecule has 1 heterocycles. The van der Waals surface area contributed by atoms with Crippen LogP contribution in [0.4, 0.5) is 0 Å². The summed E-state index contributed by atoms with van der Waals surface area (Å²) in [5.41, 5.74) is 4.03. The minimum Gasteiger partial charge on any atom is -0.478 e. The van der Waals surface area contributed by atoms with Gasteiger partial charge in [0.1, 0.15) is 5.82 Å². The minimum atomic E-state index is -0.892. The number of aromatic nitrogens is 2. The molecule has 1 aliphatic carbocycles. The summed E-state index contributed by atoms with van der Waals surface area (Å²) in [7, 11) is 0. The van der Waals surface area contributed by atoms with Crippen molar-refractivity contribution in [2.45, 2.75) is 25.7 Å². The number of hydrogen-bond donors (Lipinski definition) is 1. The van der Waals surface area contributed by atoms with E-state index in [1.165, 1.54) is 0 Å². The van der Waals surface area contributed by atoms with Crippen LogP contribution >= 0.6 is 0 Å². The molecule has 0 atom stereocenters. The second-order valence-electron chi connectivity index (χ2n) is 5.82. The molecule has 2 aromatic carbocycles. The van der Waals surface area contributed by atoms with Crippen molar-refractivity contribution in [1.29, 1.82) is 0 Å². The van der Waals surface area contributed by atoms with Gasteiger partial charge >= 0.3 is 5.97 Å². The van der Waals surface area contributed by atoms with Crippen molar-refractivity contribution in [2.24, 2.45) is 0 Å². The third-order valence-electron chi connectivity index (χ3n) is 4.31. The molecule has 3 aromatic rings. The van der Waals surface area contributed by atoms with Crippen LogP contribution in [-0.4, -0.2) is 20.6 Å². The van der Waals surface area contributed by atoms with E-state index in [9.17, 15) is 9.90 Å². The fourth-order valence-electron chi connectivity index (χ4n) is 3.01. The van der Waals surface area contributed by atoms with Crippen LogP contribution in [0.25, 0.3) is 16.7 Å². The molecule has 4 nitrogen and oxygen atoms in total. The topological polar surface area (TPSA) is 55.1 Å². The van der Waals surface area contributed by atoms with E-state index in [4.69, 9.17) is 4.98 Å². The highest BCUT2D eigenvalue weighted by Gasteiger charge is 2.30. The first-order valence-electron chi connectivity index (χ1n) is 7.47. The quantitative estimate of drug-likeness (QED) is 0.796. The highest BCUT2D eigenvalue weighted by Crippen LogP contribution is 2.42. The van der Waals surface area contributed by atoms with E-state index in [0.717, 1.165) is 41.0 Å². The van der Waals surface area contributed by atoms with E-state index in [-0.39, 0.29) is 0 Å². The lowest BCUT2D eigenvalue weighted by Gasteiger charge is -2.13. The predicted molar refractivity (Wildman–Crippen MR) is 84.7 cm³/mol. The monoisotopic (exact) mass is 292 g/mol. The number of para-hydroxylation sites is 2. The molecule has 1 N–H and O–H groups in total. The number of aromatic carboxylic acids is 1. The number of hydrogen-bond acceptors (Lipinski definition) is 2. The molecule has 1 aliphatic rings. The molecule has 0 bridgehead atoms. The molecule has 1 aromatic heterocycles. The Hall–Kier alpha value is -2.62. The second-order valence-corrected chi connectivity index (χ2v) is 5.82. The van der Waals surface area contributed by atoms with Gasteiger partial charge in [-0.3, -0.25) is 4.57 Å². The smallest absolute Gasteiger partial charge is 0.336 e. The summed E-state index contributed by atoms with van der Waals surface area (Å²) in [6, 6.07) is 13.5. The summed E-state index contributed by atoms with van der Waals surface area (Å²) < 4.78 is 2.13. The van der Waals surface area contributed by atoms with Gasteiger partial charge in [-0.25, -0.2) is 9.78 Å². The van der Waals surface area contributed by atoms with Crippen LogP contribution in [0.5, 0.6) is 0 Å². The molecule has 0 radical (unpaired) electrons. The number of nitrogens with zero attached hydrogens (tertiary/aromatic N) is 2. The Morgan fingerprint density at radius 2 is 1.95 bits per heavy atom. The molecule has 0 spiro atoms. The van der Waals surface area contributed by atoms with E-state index in [2.05, 4.69) is 4.57 Å². The van der Waals surface area contributed by atoms with Crippen molar-refractivity contribution in [3.8, 4) is 5.69 Å². The number of fused-ring (bicyclic) bond motifs is 1. The summed E-state index contributed by atoms with van der Waals surface area (Å²) in [5, 5.41) is 9.37. The Kier molecular flexibility index (Phi) is 2.79. The van der Waals surface area contributed by atoms with Crippen LogP contribution < -0.4 is 0 Å². The summed E-state index contributed by atoms with van der Waals surface area (Å²) in [6.07, 6.45) is 2.31. The average molecular weight is 292 g/mol. The van der Waals surface area contributed by atoms with Gasteiger partial charge in [-0.15, -0.1) is 0 Å². The van der Waals surface area contributed by atoms with Gasteiger partial charge in [0.2, 0.25) is 0 Å². The maximum atomic E-state index is 11.4. The number of benzene rings is 2. The van der Waals surface area contributed by atoms with Gasteiger partial charge in [0, 0.05) is 5.92 Å². The van der Waals surface area contributed by atoms with E-state index in [0.29, 0.717) is 11.5 Å². The number of rotatable bonds is 3. The predicted octanol–water partition coefficient (Wildman–Crippen LogP) is 3.91. The van der Waals surface area contributed by atoms with Gasteiger partial charge in [-0.1, -0.05) is 18.2 Å². The molecule has 110 valence electrons. The van der Waals surface area contributed by atoms with Crippen LogP contribution in [0, 0.1) is 6.92 Å². The average Bonchev–Trinajstić information content (AvgIpc) is 3.28. The van der Waals surface area contributed by atoms with Crippen molar-refractivity contribution < 1.29 is 9.90 Å². The number of carbonyl (C=O) groups is 1. The fourth-order valence-corrected chi connectivity index (χ4v) is 3.01. The third kappa shape index (κ3) is 1.91. The molecule has 0 amide bonds. The first kappa shape index (κ1) is 13.1. The van der Waals surface area contributed by atoms with E-state index in [1.807, 2.05) is 37.3 Å². The van der Waals surface area contributed by atoms with Crippen molar-refractivity contribution in [3.05, 3.63) is 59.4 Å². The lowest BCUT2D eigenvalue weighted by atomic mass is 10.1. The molecule has 22 heavy (non-hydrogen) atoms. The number of carboxylic acids is 1. The summed E-state index contributed by atoms with van der Waals surface area (Å²) in [5.74, 6) is 0.642. The molecular weight excluding hydrogens is 276 g/mol. The zero-order valence-corrected chi connectivity index (χ0v) is 12.3. The van der Waals surface area contributed by atoms with Crippen LogP contribution in [0.1, 0.15) is 40.5 Å². The first-order chi connectivity index (χ1) is 10.7. The summed E-state index contributed by atoms with van der Waals surface area (Å²) >= 11 is 0. The molecule has 4 rings (SSSR count). The largest absolute Gasteiger partial charge is 0.478 e. The lowest BCUT2D eigenvalue weighted by Crippen LogP contribution is -2.07. The molecule has 1 saturated carbocycles. The van der Waals surface area contributed by atoms with Crippen molar-refractivity contribution >= 4 is 17.0 Å². The summed E-state index contributed by atoms with van der Waals surface area (Å²) in [4.78, 5) is 16.2. The number of imidazole rings is 1. The highest BCUT2D eigenvalue weighted by atomic mass is 16.4. The van der Waals surface area contributed by atoms with Gasteiger partial charge in [0.15, 0.2) is 0 Å². The number of carboxylic acid groups (broad SMARTS) is 1. The Labute approximate surface area is 128 Å². The molecular formula is C18H16N2O2. The van der Waals surface area contributed by atoms with Crippen LogP contribution in [0.15, 0.2) is 42.5 Å². The van der Waals surface area contributed by atoms with E-state index in [1.54, 1.807) is 12.1 Å². The van der Waals surface area contributed by atoms with Crippen molar-refractivity contribution in [3.63, 3.8) is 0 Å². The Balaban J connectivity index is 2.03. The van der Waals surface area contributed by atoms with Gasteiger partial charge in [-0.2, -0.15) is 0 Å². The normalized spacial score (nSPS) is 14.4. The van der Waals surface area contributed by atoms with Crippen LogP contribution in [0.2, 0.25) is 0 Å². The van der Waals surface area contributed by atoms with Crippen molar-refractivity contribution in [2.75, 3.05) is 0 Å². The van der Waals surface area contributed by atoms with E-state index < -0.39 is 5.97 Å². The summed E-state index contributed by atoms with van der Waals surface area (Å²) in [6.45, 7) is 1.87. The fraction of sp³-hybridized carbons (Fsp3) is 0.222. The molecule has 0 saturated heterocycles. The van der Waals surface area contributed by atoms with E-state index >= 15 is 0 Å². The Morgan fingerprint density at radius 3 is 2.68 bits per heavy atom. The zero-order chi connectivity index (χ0) is 15.3. The minimum absolute atomic E-state index is 0.344. The SMILES string of the molecule is Cc1c(C(=O)O)cccc1-n1c(C2CC2)nc2ccccc21. The van der Waals surface area contributed by atoms with Gasteiger partial charge in [-0.05, 0) is 49.6 Å². The Bertz CT molecular complexity index is 891. The Morgan fingerprint density at radius 1 is 1.18 bits per heavy atom. The van der Waals surface area contributed by atoms with Gasteiger partial charge in [0.05, 0.1) is 22.3 Å². The molecule has 1 fully saturated rings. The van der Waals surface area contributed by atoms with Crippen LogP contribution in [0.3, 0.4) is 0 Å². The molecule has 0 aliphatic heterocycles. The van der Waals surface area contributed by atoms with Crippen molar-refractivity contribution in [1.82, 2.24) is 9.55 Å². The maximum Gasteiger partial charge on any atom is 0.336 e. The molecule has 4 heteroatoms. The maximum absolute atomic E-state index is 11.4. The standard InChI is InChI=1S/C18H16N2O2/c1-11-13(18(21)22)5-4-8-15(11)20-16-7-3-2-6-14(16)19-17(20)12-9-10-12/h2-8,12H,9-10H2,1H3,(H,21,22). The third-order valence-corrected chi connectivity index (χ3v) is 4.31. The van der Waals surface area contributed by atoms with Crippen LogP contribution in [-0.2, 0) is 0 Å². The van der Waals surface area contributed by atoms with Gasteiger partial charge in [0.25, 0.3) is 0 Å². The highest BCUT2D eigenvalue weighted by molar-refractivity contribution is 5.91. The first-order valence-corrected chi connectivity index (χ1v) is 7.47. The second kappa shape index (κ2) is 4.70. The lowest BCUT2D eigenvalue weighted by molar-refractivity contribution is 0.0696.